The molecule has 0 aliphatic rings. The third-order valence-electron chi connectivity index (χ3n) is 4.10. The van der Waals surface area contributed by atoms with Crippen LogP contribution < -0.4 is 0 Å². The SMILES string of the molecule is CCN(CC)CC.c1ccc(Cc2ccccc2)cc1.c1ccccc1. The van der Waals surface area contributed by atoms with Gasteiger partial charge in [0, 0.05) is 0 Å². The Balaban J connectivity index is 0.000000220. The molecule has 0 atom stereocenters. The fourth-order valence-electron chi connectivity index (χ4n) is 2.48. The fourth-order valence-corrected chi connectivity index (χ4v) is 2.48. The Morgan fingerprint density at radius 1 is 0.462 bits per heavy atom. The van der Waals surface area contributed by atoms with E-state index in [0.717, 1.165) is 6.42 Å². The lowest BCUT2D eigenvalue weighted by Gasteiger charge is -2.13. The van der Waals surface area contributed by atoms with Crippen LogP contribution in [0, 0.1) is 0 Å². The highest BCUT2D eigenvalue weighted by molar-refractivity contribution is 5.25. The first-order valence-electron chi connectivity index (χ1n) is 9.60. The predicted octanol–water partition coefficient (Wildman–Crippen LogP) is 6.31. The molecule has 0 bridgehead atoms. The van der Waals surface area contributed by atoms with Crippen molar-refractivity contribution in [3.05, 3.63) is 108 Å². The third kappa shape index (κ3) is 10.5. The van der Waals surface area contributed by atoms with Crippen molar-refractivity contribution >= 4 is 0 Å². The normalized spacial score (nSPS) is 9.54. The zero-order valence-electron chi connectivity index (χ0n) is 16.5. The highest BCUT2D eigenvalue weighted by Crippen LogP contribution is 2.07. The summed E-state index contributed by atoms with van der Waals surface area (Å²) in [5.41, 5.74) is 2.74. The molecule has 0 amide bonds. The fraction of sp³-hybridized carbons (Fsp3) is 0.280. The Hall–Kier alpha value is -2.38. The number of benzene rings is 3. The first kappa shape index (κ1) is 21.7. The van der Waals surface area contributed by atoms with Gasteiger partial charge in [0.15, 0.2) is 0 Å². The Morgan fingerprint density at radius 3 is 0.962 bits per heavy atom. The van der Waals surface area contributed by atoms with Gasteiger partial charge in [-0.1, -0.05) is 118 Å². The van der Waals surface area contributed by atoms with Crippen LogP contribution in [0.5, 0.6) is 0 Å². The molecule has 1 heteroatoms. The summed E-state index contributed by atoms with van der Waals surface area (Å²) < 4.78 is 0. The molecule has 1 nitrogen and oxygen atoms in total. The van der Waals surface area contributed by atoms with Crippen LogP contribution in [0.15, 0.2) is 97.1 Å². The molecule has 0 unspecified atom stereocenters. The molecule has 0 aliphatic heterocycles. The Morgan fingerprint density at radius 2 is 0.731 bits per heavy atom. The lowest BCUT2D eigenvalue weighted by atomic mass is 10.1. The van der Waals surface area contributed by atoms with Gasteiger partial charge in [-0.25, -0.2) is 0 Å². The number of nitrogens with zero attached hydrogens (tertiary/aromatic N) is 1. The molecule has 26 heavy (non-hydrogen) atoms. The number of rotatable bonds is 5. The van der Waals surface area contributed by atoms with Crippen LogP contribution in [0.25, 0.3) is 0 Å². The van der Waals surface area contributed by atoms with Crippen molar-refractivity contribution in [3.63, 3.8) is 0 Å². The van der Waals surface area contributed by atoms with E-state index in [1.54, 1.807) is 0 Å². The molecule has 0 radical (unpaired) electrons. The van der Waals surface area contributed by atoms with E-state index in [1.165, 1.54) is 30.8 Å². The van der Waals surface area contributed by atoms with Crippen LogP contribution in [-0.4, -0.2) is 24.5 Å². The summed E-state index contributed by atoms with van der Waals surface area (Å²) in [6.07, 6.45) is 1.03. The molecule has 0 saturated heterocycles. The second-order valence-corrected chi connectivity index (χ2v) is 5.92. The van der Waals surface area contributed by atoms with Gasteiger partial charge in [-0.3, -0.25) is 0 Å². The second kappa shape index (κ2) is 14.9. The van der Waals surface area contributed by atoms with Crippen LogP contribution in [0.1, 0.15) is 31.9 Å². The summed E-state index contributed by atoms with van der Waals surface area (Å²) in [6.45, 7) is 10.1. The van der Waals surface area contributed by atoms with E-state index in [4.69, 9.17) is 0 Å². The minimum atomic E-state index is 1.03. The zero-order valence-corrected chi connectivity index (χ0v) is 16.5. The first-order valence-corrected chi connectivity index (χ1v) is 9.60. The quantitative estimate of drug-likeness (QED) is 0.522. The van der Waals surface area contributed by atoms with Crippen LogP contribution in [0.2, 0.25) is 0 Å². The second-order valence-electron chi connectivity index (χ2n) is 5.92. The highest BCUT2D eigenvalue weighted by Gasteiger charge is 1.92. The van der Waals surface area contributed by atoms with Gasteiger partial charge in [0.05, 0.1) is 0 Å². The summed E-state index contributed by atoms with van der Waals surface area (Å²) >= 11 is 0. The summed E-state index contributed by atoms with van der Waals surface area (Å²) in [5, 5.41) is 0. The molecule has 0 aromatic heterocycles. The molecule has 0 spiro atoms. The van der Waals surface area contributed by atoms with Gasteiger partial charge in [-0.15, -0.1) is 0 Å². The van der Waals surface area contributed by atoms with Crippen LogP contribution in [0.4, 0.5) is 0 Å². The standard InChI is InChI=1S/C13H12.C6H15N.C6H6/c1-3-7-12(8-4-1)11-13-9-5-2-6-10-13;1-4-7(5-2)6-3;1-2-4-6-5-3-1/h1-10H,11H2;4-6H2,1-3H3;1-6H. The smallest absolute Gasteiger partial charge is 0.00258 e. The van der Waals surface area contributed by atoms with Crippen molar-refractivity contribution < 1.29 is 0 Å². The maximum atomic E-state index is 2.38. The van der Waals surface area contributed by atoms with E-state index < -0.39 is 0 Å². The van der Waals surface area contributed by atoms with Gasteiger partial charge in [-0.05, 0) is 37.2 Å². The van der Waals surface area contributed by atoms with Crippen molar-refractivity contribution in [2.45, 2.75) is 27.2 Å². The minimum absolute atomic E-state index is 1.03. The lowest BCUT2D eigenvalue weighted by Crippen LogP contribution is -2.21. The highest BCUT2D eigenvalue weighted by atomic mass is 15.1. The molecular weight excluding hydrogens is 314 g/mol. The number of hydrogen-bond acceptors (Lipinski definition) is 1. The average molecular weight is 348 g/mol. The maximum absolute atomic E-state index is 2.38. The van der Waals surface area contributed by atoms with E-state index in [9.17, 15) is 0 Å². The van der Waals surface area contributed by atoms with E-state index in [2.05, 4.69) is 86.3 Å². The Kier molecular flexibility index (Phi) is 12.4. The third-order valence-corrected chi connectivity index (χ3v) is 4.10. The van der Waals surface area contributed by atoms with Gasteiger partial charge < -0.3 is 4.90 Å². The van der Waals surface area contributed by atoms with Gasteiger partial charge in [0.1, 0.15) is 0 Å². The largest absolute Gasteiger partial charge is 0.304 e. The van der Waals surface area contributed by atoms with Crippen molar-refractivity contribution in [2.24, 2.45) is 0 Å². The van der Waals surface area contributed by atoms with Gasteiger partial charge in [0.2, 0.25) is 0 Å². The Bertz CT molecular complexity index is 561. The monoisotopic (exact) mass is 347 g/mol. The van der Waals surface area contributed by atoms with Gasteiger partial charge in [0.25, 0.3) is 0 Å². The molecule has 3 aromatic rings. The van der Waals surface area contributed by atoms with E-state index >= 15 is 0 Å². The molecule has 3 aromatic carbocycles. The van der Waals surface area contributed by atoms with Gasteiger partial charge >= 0.3 is 0 Å². The molecule has 0 heterocycles. The van der Waals surface area contributed by atoms with Crippen molar-refractivity contribution in [3.8, 4) is 0 Å². The van der Waals surface area contributed by atoms with E-state index in [-0.39, 0.29) is 0 Å². The van der Waals surface area contributed by atoms with Crippen molar-refractivity contribution in [2.75, 3.05) is 19.6 Å². The summed E-state index contributed by atoms with van der Waals surface area (Å²) in [5.74, 6) is 0. The van der Waals surface area contributed by atoms with E-state index in [1.807, 2.05) is 36.4 Å². The topological polar surface area (TPSA) is 3.24 Å². The summed E-state index contributed by atoms with van der Waals surface area (Å²) in [7, 11) is 0. The molecule has 0 N–H and O–H groups in total. The predicted molar refractivity (Wildman–Crippen MR) is 116 cm³/mol. The van der Waals surface area contributed by atoms with Crippen LogP contribution in [-0.2, 0) is 6.42 Å². The average Bonchev–Trinajstić information content (AvgIpc) is 2.73. The van der Waals surface area contributed by atoms with Crippen molar-refractivity contribution in [1.82, 2.24) is 4.90 Å². The van der Waals surface area contributed by atoms with E-state index in [0.29, 0.717) is 0 Å². The minimum Gasteiger partial charge on any atom is -0.304 e. The first-order chi connectivity index (χ1) is 12.8. The van der Waals surface area contributed by atoms with Crippen molar-refractivity contribution in [1.29, 1.82) is 0 Å². The Labute approximate surface area is 160 Å². The zero-order chi connectivity index (χ0) is 18.9. The summed E-state index contributed by atoms with van der Waals surface area (Å²) in [4.78, 5) is 2.38. The summed E-state index contributed by atoms with van der Waals surface area (Å²) in [6, 6.07) is 33.1. The van der Waals surface area contributed by atoms with Crippen LogP contribution >= 0.6 is 0 Å². The molecule has 3 rings (SSSR count). The van der Waals surface area contributed by atoms with Crippen LogP contribution in [0.3, 0.4) is 0 Å². The van der Waals surface area contributed by atoms with Gasteiger partial charge in [-0.2, -0.15) is 0 Å². The molecule has 0 aliphatic carbocycles. The maximum Gasteiger partial charge on any atom is -0.00258 e. The molecule has 0 fully saturated rings. The molecular formula is C25H33N. The lowest BCUT2D eigenvalue weighted by molar-refractivity contribution is 0.321. The molecule has 138 valence electrons. The number of hydrogen-bond donors (Lipinski definition) is 0. The molecule has 0 saturated carbocycles.